The molecule has 0 aliphatic heterocycles. The Morgan fingerprint density at radius 2 is 0.808 bits per heavy atom. The molecule has 0 saturated heterocycles. The van der Waals surface area contributed by atoms with E-state index in [1.54, 1.807) is 0 Å². The molecule has 0 spiro atoms. The maximum Gasteiger partial charge on any atom is -0.0288 e. The third kappa shape index (κ3) is 16.2. The van der Waals surface area contributed by atoms with Gasteiger partial charge >= 0.3 is 0 Å². The highest BCUT2D eigenvalue weighted by Gasteiger charge is 1.93. The third-order valence-electron chi connectivity index (χ3n) is 4.86. The van der Waals surface area contributed by atoms with Gasteiger partial charge in [0.2, 0.25) is 0 Å². The van der Waals surface area contributed by atoms with Gasteiger partial charge in [0.05, 0.1) is 0 Å². The molecule has 0 rings (SSSR count). The van der Waals surface area contributed by atoms with Crippen molar-refractivity contribution in [2.45, 2.75) is 106 Å². The second-order valence-corrected chi connectivity index (χ2v) is 8.03. The van der Waals surface area contributed by atoms with Crippen LogP contribution in [0.1, 0.15) is 106 Å². The Hall–Kier alpha value is -1.30. The fourth-order valence-corrected chi connectivity index (χ4v) is 2.79. The Bertz CT molecular complexity index is 516. The highest BCUT2D eigenvalue weighted by Crippen LogP contribution is 2.13. The van der Waals surface area contributed by atoms with Crippen LogP contribution in [0.25, 0.3) is 0 Å². The van der Waals surface area contributed by atoms with Gasteiger partial charge in [-0.1, -0.05) is 65.2 Å². The number of hydrogen-bond acceptors (Lipinski definition) is 0. The van der Waals surface area contributed by atoms with Gasteiger partial charge in [0.25, 0.3) is 0 Å². The lowest BCUT2D eigenvalue weighted by atomic mass is 10.0. The van der Waals surface area contributed by atoms with Gasteiger partial charge in [-0.3, -0.25) is 0 Å². The summed E-state index contributed by atoms with van der Waals surface area (Å²) in [5.41, 5.74) is 7.53. The maximum atomic E-state index is 2.43. The third-order valence-corrected chi connectivity index (χ3v) is 4.86. The summed E-state index contributed by atoms with van der Waals surface area (Å²) in [5.74, 6) is 0. The normalized spacial score (nSPS) is 14.0. The van der Waals surface area contributed by atoms with Crippen molar-refractivity contribution in [1.82, 2.24) is 0 Å². The van der Waals surface area contributed by atoms with Crippen molar-refractivity contribution in [2.75, 3.05) is 0 Å². The summed E-state index contributed by atoms with van der Waals surface area (Å²) in [4.78, 5) is 0. The van der Waals surface area contributed by atoms with Gasteiger partial charge in [-0.05, 0) is 99.3 Å². The predicted octanol–water partition coefficient (Wildman–Crippen LogP) is 9.27. The van der Waals surface area contributed by atoms with E-state index >= 15 is 0 Å². The first-order chi connectivity index (χ1) is 12.3. The molecule has 0 aliphatic rings. The highest BCUT2D eigenvalue weighted by atomic mass is 14.0. The van der Waals surface area contributed by atoms with Crippen LogP contribution in [0.3, 0.4) is 0 Å². The van der Waals surface area contributed by atoms with E-state index in [0.717, 1.165) is 0 Å². The zero-order valence-electron chi connectivity index (χ0n) is 18.8. The zero-order valence-corrected chi connectivity index (χ0v) is 18.8. The molecule has 0 heteroatoms. The Labute approximate surface area is 164 Å². The number of allylic oxidation sites excluding steroid dienone is 10. The molecule has 0 fully saturated rings. The molecule has 0 aromatic rings. The fourth-order valence-electron chi connectivity index (χ4n) is 2.79. The molecule has 26 heavy (non-hydrogen) atoms. The number of rotatable bonds is 13. The van der Waals surface area contributed by atoms with E-state index in [2.05, 4.69) is 78.8 Å². The summed E-state index contributed by atoms with van der Waals surface area (Å²) >= 11 is 0. The van der Waals surface area contributed by atoms with Crippen molar-refractivity contribution in [3.63, 3.8) is 0 Å². The van der Waals surface area contributed by atoms with Crippen molar-refractivity contribution in [1.29, 1.82) is 0 Å². The van der Waals surface area contributed by atoms with Crippen molar-refractivity contribution >= 4 is 0 Å². The molecule has 0 saturated carbocycles. The zero-order chi connectivity index (χ0) is 19.8. The minimum absolute atomic E-state index is 1.18. The molecule has 0 heterocycles. The minimum Gasteiger partial charge on any atom is -0.0856 e. The summed E-state index contributed by atoms with van der Waals surface area (Å²) in [5, 5.41) is 0. The second-order valence-electron chi connectivity index (χ2n) is 8.03. The van der Waals surface area contributed by atoms with E-state index in [-0.39, 0.29) is 0 Å². The van der Waals surface area contributed by atoms with Crippen molar-refractivity contribution in [3.05, 3.63) is 58.2 Å². The average molecular weight is 357 g/mol. The standard InChI is InChI=1S/C26H44/c1-8-23(4)17-12-19-24(5)15-9-10-16-25(6)20-13-21-26(7)18-11-14-22(2)3/h14-17,21H,8-13,18-20H2,1-7H3/b23-17+,24-15+,25-16+,26-21+. The monoisotopic (exact) mass is 356 g/mol. The van der Waals surface area contributed by atoms with Crippen LogP contribution in [-0.2, 0) is 0 Å². The van der Waals surface area contributed by atoms with E-state index in [0.29, 0.717) is 0 Å². The van der Waals surface area contributed by atoms with Gasteiger partial charge in [0.15, 0.2) is 0 Å². The molecule has 0 unspecified atom stereocenters. The molecule has 0 aliphatic carbocycles. The highest BCUT2D eigenvalue weighted by molar-refractivity contribution is 5.07. The van der Waals surface area contributed by atoms with Crippen LogP contribution >= 0.6 is 0 Å². The Balaban J connectivity index is 4.00. The van der Waals surface area contributed by atoms with Crippen molar-refractivity contribution in [2.24, 2.45) is 0 Å². The fraction of sp³-hybridized carbons (Fsp3) is 0.615. The molecule has 0 nitrogen and oxygen atoms in total. The van der Waals surface area contributed by atoms with Gasteiger partial charge in [0, 0.05) is 0 Å². The lowest BCUT2D eigenvalue weighted by Gasteiger charge is -2.02. The van der Waals surface area contributed by atoms with E-state index in [1.165, 1.54) is 85.7 Å². The van der Waals surface area contributed by atoms with Crippen LogP contribution in [0.15, 0.2) is 58.2 Å². The van der Waals surface area contributed by atoms with Crippen LogP contribution in [0.2, 0.25) is 0 Å². The molecule has 0 bridgehead atoms. The molecule has 0 aromatic carbocycles. The van der Waals surface area contributed by atoms with Crippen LogP contribution in [-0.4, -0.2) is 0 Å². The molecule has 0 N–H and O–H groups in total. The number of unbranched alkanes of at least 4 members (excludes halogenated alkanes) is 1. The van der Waals surface area contributed by atoms with Crippen LogP contribution in [0.5, 0.6) is 0 Å². The van der Waals surface area contributed by atoms with E-state index in [1.807, 2.05) is 0 Å². The van der Waals surface area contributed by atoms with Crippen LogP contribution in [0, 0.1) is 0 Å². The average Bonchev–Trinajstić information content (AvgIpc) is 2.58. The summed E-state index contributed by atoms with van der Waals surface area (Å²) in [7, 11) is 0. The molecular weight excluding hydrogens is 312 g/mol. The summed E-state index contributed by atoms with van der Waals surface area (Å²) in [6.45, 7) is 15.6. The summed E-state index contributed by atoms with van der Waals surface area (Å²) in [6, 6.07) is 0. The summed E-state index contributed by atoms with van der Waals surface area (Å²) in [6.07, 6.45) is 22.7. The lowest BCUT2D eigenvalue weighted by Crippen LogP contribution is -1.82. The molecule has 0 amide bonds. The van der Waals surface area contributed by atoms with E-state index in [4.69, 9.17) is 0 Å². The van der Waals surface area contributed by atoms with Crippen molar-refractivity contribution < 1.29 is 0 Å². The van der Waals surface area contributed by atoms with Gasteiger partial charge in [-0.2, -0.15) is 0 Å². The van der Waals surface area contributed by atoms with Crippen LogP contribution < -0.4 is 0 Å². The number of hydrogen-bond donors (Lipinski definition) is 0. The molecule has 0 atom stereocenters. The SMILES string of the molecule is CC/C(C)=C/CC/C(C)=C/CC/C=C(\C)CC/C=C(\C)CCC=C(C)C. The van der Waals surface area contributed by atoms with Gasteiger partial charge in [0.1, 0.15) is 0 Å². The predicted molar refractivity (Wildman–Crippen MR) is 122 cm³/mol. The Morgan fingerprint density at radius 1 is 0.462 bits per heavy atom. The van der Waals surface area contributed by atoms with Gasteiger partial charge < -0.3 is 0 Å². The first-order valence-corrected chi connectivity index (χ1v) is 10.6. The lowest BCUT2D eigenvalue weighted by molar-refractivity contribution is 0.900. The first-order valence-electron chi connectivity index (χ1n) is 10.6. The second kappa shape index (κ2) is 15.9. The molecular formula is C26H44. The smallest absolute Gasteiger partial charge is 0.0288 e. The quantitative estimate of drug-likeness (QED) is 0.228. The molecule has 0 radical (unpaired) electrons. The van der Waals surface area contributed by atoms with E-state index in [9.17, 15) is 0 Å². The Kier molecular flexibility index (Phi) is 15.1. The summed E-state index contributed by atoms with van der Waals surface area (Å²) < 4.78 is 0. The largest absolute Gasteiger partial charge is 0.0856 e. The van der Waals surface area contributed by atoms with Crippen LogP contribution in [0.4, 0.5) is 0 Å². The first kappa shape index (κ1) is 24.7. The van der Waals surface area contributed by atoms with E-state index < -0.39 is 0 Å². The van der Waals surface area contributed by atoms with Gasteiger partial charge in [-0.25, -0.2) is 0 Å². The topological polar surface area (TPSA) is 0 Å². The van der Waals surface area contributed by atoms with Crippen molar-refractivity contribution in [3.8, 4) is 0 Å². The maximum absolute atomic E-state index is 2.43. The Morgan fingerprint density at radius 3 is 1.19 bits per heavy atom. The molecule has 0 aromatic heterocycles. The van der Waals surface area contributed by atoms with Gasteiger partial charge in [-0.15, -0.1) is 0 Å². The minimum atomic E-state index is 1.18. The molecule has 148 valence electrons.